The first kappa shape index (κ1) is 14.5. The first-order valence-electron chi connectivity index (χ1n) is 7.32. The van der Waals surface area contributed by atoms with Gasteiger partial charge in [-0.05, 0) is 24.6 Å². The maximum Gasteiger partial charge on any atom is 0.0604 e. The summed E-state index contributed by atoms with van der Waals surface area (Å²) in [6, 6.07) is 21.8. The second-order valence-electron chi connectivity index (χ2n) is 4.88. The van der Waals surface area contributed by atoms with Crippen molar-refractivity contribution in [2.24, 2.45) is 0 Å². The van der Waals surface area contributed by atoms with Crippen molar-refractivity contribution in [3.05, 3.63) is 83.9 Å². The Morgan fingerprint density at radius 3 is 1.80 bits per heavy atom. The normalized spacial score (nSPS) is 11.6. The van der Waals surface area contributed by atoms with Gasteiger partial charge in [0.1, 0.15) is 0 Å². The SMILES string of the molecule is C/C=C\CN(CC)C(c1ccccc1)c1ccccc1. The molecule has 0 unspecified atom stereocenters. The molecule has 0 radical (unpaired) electrons. The Morgan fingerprint density at radius 1 is 0.900 bits per heavy atom. The summed E-state index contributed by atoms with van der Waals surface area (Å²) >= 11 is 0. The molecule has 2 aromatic rings. The third-order valence-corrected chi connectivity index (χ3v) is 3.58. The fraction of sp³-hybridized carbons (Fsp3) is 0.263. The van der Waals surface area contributed by atoms with Crippen molar-refractivity contribution >= 4 is 0 Å². The molecule has 0 spiro atoms. The van der Waals surface area contributed by atoms with Crippen molar-refractivity contribution in [2.75, 3.05) is 13.1 Å². The number of nitrogens with zero attached hydrogens (tertiary/aromatic N) is 1. The zero-order valence-corrected chi connectivity index (χ0v) is 12.4. The van der Waals surface area contributed by atoms with Gasteiger partial charge in [-0.1, -0.05) is 79.7 Å². The Hall–Kier alpha value is -1.86. The molecule has 0 heterocycles. The summed E-state index contributed by atoms with van der Waals surface area (Å²) < 4.78 is 0. The Morgan fingerprint density at radius 2 is 1.40 bits per heavy atom. The van der Waals surface area contributed by atoms with Gasteiger partial charge in [-0.15, -0.1) is 0 Å². The van der Waals surface area contributed by atoms with E-state index in [1.54, 1.807) is 0 Å². The molecule has 0 aliphatic heterocycles. The van der Waals surface area contributed by atoms with E-state index in [9.17, 15) is 0 Å². The van der Waals surface area contributed by atoms with Gasteiger partial charge >= 0.3 is 0 Å². The van der Waals surface area contributed by atoms with Gasteiger partial charge in [0.2, 0.25) is 0 Å². The number of allylic oxidation sites excluding steroid dienone is 1. The molecule has 1 nitrogen and oxygen atoms in total. The monoisotopic (exact) mass is 265 g/mol. The van der Waals surface area contributed by atoms with Crippen LogP contribution in [0.2, 0.25) is 0 Å². The molecule has 0 N–H and O–H groups in total. The molecular weight excluding hydrogens is 242 g/mol. The Kier molecular flexibility index (Phi) is 5.57. The Labute approximate surface area is 122 Å². The van der Waals surface area contributed by atoms with Crippen molar-refractivity contribution in [1.29, 1.82) is 0 Å². The maximum atomic E-state index is 2.49. The smallest absolute Gasteiger partial charge is 0.0604 e. The number of hydrogen-bond acceptors (Lipinski definition) is 1. The lowest BCUT2D eigenvalue weighted by molar-refractivity contribution is 0.264. The third kappa shape index (κ3) is 3.58. The van der Waals surface area contributed by atoms with E-state index in [-0.39, 0.29) is 0 Å². The van der Waals surface area contributed by atoms with Crippen LogP contribution < -0.4 is 0 Å². The summed E-state index contributed by atoms with van der Waals surface area (Å²) in [6.07, 6.45) is 4.35. The molecule has 0 bridgehead atoms. The summed E-state index contributed by atoms with van der Waals surface area (Å²) in [7, 11) is 0. The molecule has 0 aliphatic rings. The van der Waals surface area contributed by atoms with Gasteiger partial charge in [0.15, 0.2) is 0 Å². The molecule has 2 rings (SSSR count). The highest BCUT2D eigenvalue weighted by atomic mass is 15.1. The van der Waals surface area contributed by atoms with Crippen LogP contribution in [0.15, 0.2) is 72.8 Å². The predicted octanol–water partition coefficient (Wildman–Crippen LogP) is 4.67. The van der Waals surface area contributed by atoms with Crippen molar-refractivity contribution in [1.82, 2.24) is 4.90 Å². The molecule has 0 atom stereocenters. The molecule has 2 aromatic carbocycles. The van der Waals surface area contributed by atoms with Crippen LogP contribution in [0.4, 0.5) is 0 Å². The topological polar surface area (TPSA) is 3.24 Å². The Balaban J connectivity index is 2.38. The van der Waals surface area contributed by atoms with E-state index in [1.807, 2.05) is 0 Å². The zero-order chi connectivity index (χ0) is 14.2. The lowest BCUT2D eigenvalue weighted by Crippen LogP contribution is -2.29. The molecular formula is C19H23N. The number of hydrogen-bond donors (Lipinski definition) is 0. The largest absolute Gasteiger partial charge is 0.289 e. The van der Waals surface area contributed by atoms with Gasteiger partial charge < -0.3 is 0 Å². The van der Waals surface area contributed by atoms with Gasteiger partial charge in [-0.2, -0.15) is 0 Å². The van der Waals surface area contributed by atoms with Gasteiger partial charge in [0.25, 0.3) is 0 Å². The Bertz CT molecular complexity index is 476. The minimum atomic E-state index is 0.318. The maximum absolute atomic E-state index is 2.49. The number of likely N-dealkylation sites (N-methyl/N-ethyl adjacent to an activating group) is 1. The summed E-state index contributed by atoms with van der Waals surface area (Å²) in [5.41, 5.74) is 2.70. The highest BCUT2D eigenvalue weighted by Crippen LogP contribution is 2.28. The average molecular weight is 265 g/mol. The zero-order valence-electron chi connectivity index (χ0n) is 12.4. The van der Waals surface area contributed by atoms with Crippen LogP contribution in [0.3, 0.4) is 0 Å². The van der Waals surface area contributed by atoms with Gasteiger partial charge in [0, 0.05) is 6.54 Å². The lowest BCUT2D eigenvalue weighted by Gasteiger charge is -2.30. The number of benzene rings is 2. The van der Waals surface area contributed by atoms with E-state index in [0.29, 0.717) is 6.04 Å². The molecule has 104 valence electrons. The first-order chi connectivity index (χ1) is 9.86. The van der Waals surface area contributed by atoms with Crippen LogP contribution in [0.5, 0.6) is 0 Å². The van der Waals surface area contributed by atoms with E-state index in [0.717, 1.165) is 13.1 Å². The van der Waals surface area contributed by atoms with Crippen molar-refractivity contribution in [2.45, 2.75) is 19.9 Å². The summed E-state index contributed by atoms with van der Waals surface area (Å²) in [6.45, 7) is 6.30. The van der Waals surface area contributed by atoms with Gasteiger partial charge in [0.05, 0.1) is 6.04 Å². The fourth-order valence-electron chi connectivity index (χ4n) is 2.54. The molecule has 0 amide bonds. The molecule has 1 heteroatoms. The van der Waals surface area contributed by atoms with Crippen LogP contribution in [0.25, 0.3) is 0 Å². The van der Waals surface area contributed by atoms with E-state index >= 15 is 0 Å². The van der Waals surface area contributed by atoms with E-state index in [1.165, 1.54) is 11.1 Å². The van der Waals surface area contributed by atoms with Crippen LogP contribution in [0.1, 0.15) is 31.0 Å². The molecule has 0 saturated carbocycles. The second kappa shape index (κ2) is 7.66. The molecule has 20 heavy (non-hydrogen) atoms. The minimum absolute atomic E-state index is 0.318. The second-order valence-corrected chi connectivity index (χ2v) is 4.88. The fourth-order valence-corrected chi connectivity index (χ4v) is 2.54. The van der Waals surface area contributed by atoms with Crippen molar-refractivity contribution in [3.63, 3.8) is 0 Å². The predicted molar refractivity (Wildman–Crippen MR) is 86.8 cm³/mol. The molecule has 0 aliphatic carbocycles. The summed E-state index contributed by atoms with van der Waals surface area (Å²) in [4.78, 5) is 2.49. The van der Waals surface area contributed by atoms with Crippen molar-refractivity contribution < 1.29 is 0 Å². The van der Waals surface area contributed by atoms with Gasteiger partial charge in [-0.3, -0.25) is 4.90 Å². The van der Waals surface area contributed by atoms with E-state index in [4.69, 9.17) is 0 Å². The number of rotatable bonds is 6. The molecule has 0 fully saturated rings. The first-order valence-corrected chi connectivity index (χ1v) is 7.32. The van der Waals surface area contributed by atoms with Crippen LogP contribution >= 0.6 is 0 Å². The van der Waals surface area contributed by atoms with Crippen LogP contribution in [-0.4, -0.2) is 18.0 Å². The summed E-state index contributed by atoms with van der Waals surface area (Å²) in [5.74, 6) is 0. The average Bonchev–Trinajstić information content (AvgIpc) is 2.53. The van der Waals surface area contributed by atoms with Gasteiger partial charge in [-0.25, -0.2) is 0 Å². The quantitative estimate of drug-likeness (QED) is 0.686. The van der Waals surface area contributed by atoms with Crippen LogP contribution in [-0.2, 0) is 0 Å². The minimum Gasteiger partial charge on any atom is -0.289 e. The lowest BCUT2D eigenvalue weighted by atomic mass is 9.97. The molecule has 0 saturated heterocycles. The highest BCUT2D eigenvalue weighted by Gasteiger charge is 2.19. The van der Waals surface area contributed by atoms with Crippen LogP contribution in [0, 0.1) is 0 Å². The standard InChI is InChI=1S/C19H23N/c1-3-5-16-20(4-2)19(17-12-8-6-9-13-17)18-14-10-7-11-15-18/h3,5-15,19H,4,16H2,1-2H3/b5-3-. The molecule has 0 aromatic heterocycles. The third-order valence-electron chi connectivity index (χ3n) is 3.58. The highest BCUT2D eigenvalue weighted by molar-refractivity contribution is 5.31. The van der Waals surface area contributed by atoms with Crippen molar-refractivity contribution in [3.8, 4) is 0 Å². The summed E-state index contributed by atoms with van der Waals surface area (Å²) in [5, 5.41) is 0. The van der Waals surface area contributed by atoms with E-state index in [2.05, 4.69) is 91.6 Å². The van der Waals surface area contributed by atoms with E-state index < -0.39 is 0 Å².